The molecule has 0 aliphatic carbocycles. The maximum absolute atomic E-state index is 5.84. The lowest BCUT2D eigenvalue weighted by Crippen LogP contribution is -2.30. The van der Waals surface area contributed by atoms with Gasteiger partial charge in [-0.25, -0.2) is 0 Å². The molecule has 6 nitrogen and oxygen atoms in total. The summed E-state index contributed by atoms with van der Waals surface area (Å²) in [6.07, 6.45) is 3.90. The van der Waals surface area contributed by atoms with Gasteiger partial charge in [0.1, 0.15) is 6.04 Å². The molecule has 7 heteroatoms. The van der Waals surface area contributed by atoms with Crippen LogP contribution in [0.3, 0.4) is 0 Å². The molecule has 2 aromatic carbocycles. The lowest BCUT2D eigenvalue weighted by Gasteiger charge is -2.29. The summed E-state index contributed by atoms with van der Waals surface area (Å²) >= 11 is 5.84. The Hall–Kier alpha value is -3.84. The Bertz CT molecular complexity index is 1280. The maximum atomic E-state index is 5.84. The number of aromatic nitrogens is 2. The van der Waals surface area contributed by atoms with Crippen molar-refractivity contribution in [3.05, 3.63) is 103 Å². The van der Waals surface area contributed by atoms with Crippen molar-refractivity contribution in [3.63, 3.8) is 0 Å². The molecule has 2 aromatic heterocycles. The number of hydrogen-bond acceptors (Lipinski definition) is 4. The average Bonchev–Trinajstić information content (AvgIpc) is 3.57. The van der Waals surface area contributed by atoms with Gasteiger partial charge < -0.3 is 24.3 Å². The van der Waals surface area contributed by atoms with Crippen molar-refractivity contribution < 1.29 is 9.47 Å². The number of nitrogens with zero attached hydrogens (tertiary/aromatic N) is 3. The molecule has 0 unspecified atom stereocenters. The first-order chi connectivity index (χ1) is 15.8. The van der Waals surface area contributed by atoms with Crippen molar-refractivity contribution in [3.8, 4) is 17.2 Å². The second-order valence-corrected chi connectivity index (χ2v) is 8.06. The second-order valence-electron chi connectivity index (χ2n) is 7.67. The van der Waals surface area contributed by atoms with E-state index in [1.165, 1.54) is 0 Å². The third-order valence-electron chi connectivity index (χ3n) is 5.85. The molecule has 0 bridgehead atoms. The van der Waals surface area contributed by atoms with Crippen molar-refractivity contribution >= 4 is 23.0 Å². The first kappa shape index (κ1) is 18.9. The number of pyridine rings is 1. The van der Waals surface area contributed by atoms with Crippen molar-refractivity contribution in [1.29, 1.82) is 0 Å². The minimum absolute atomic E-state index is 0.118. The number of para-hydroxylation sites is 1. The number of hydrogen-bond donors (Lipinski definition) is 1. The Morgan fingerprint density at radius 2 is 1.72 bits per heavy atom. The molecule has 1 N–H and O–H groups in total. The molecule has 2 aliphatic heterocycles. The van der Waals surface area contributed by atoms with Crippen LogP contribution in [0.25, 0.3) is 5.69 Å². The number of anilines is 1. The number of fused-ring (bicyclic) bond motifs is 1. The molecule has 0 amide bonds. The molecule has 6 rings (SSSR count). The van der Waals surface area contributed by atoms with E-state index in [2.05, 4.69) is 50.2 Å². The SMILES string of the molecule is S=C1N[C@@H](c2ccccn2)[C@@H](c2cccn2-c2ccccc2)N1c1ccc2c(c1)OCO2. The van der Waals surface area contributed by atoms with Crippen molar-refractivity contribution in [2.24, 2.45) is 0 Å². The smallest absolute Gasteiger partial charge is 0.231 e. The molecule has 2 atom stereocenters. The summed E-state index contributed by atoms with van der Waals surface area (Å²) in [5, 5.41) is 4.16. The quantitative estimate of drug-likeness (QED) is 0.461. The molecule has 1 fully saturated rings. The monoisotopic (exact) mass is 440 g/mol. The number of rotatable bonds is 4. The molecule has 1 saturated heterocycles. The fourth-order valence-electron chi connectivity index (χ4n) is 4.43. The summed E-state index contributed by atoms with van der Waals surface area (Å²) in [4.78, 5) is 6.79. The van der Waals surface area contributed by atoms with E-state index in [1.807, 2.05) is 60.8 Å². The summed E-state index contributed by atoms with van der Waals surface area (Å²) in [5.41, 5.74) is 4.08. The Morgan fingerprint density at radius 3 is 2.56 bits per heavy atom. The molecule has 4 heterocycles. The maximum Gasteiger partial charge on any atom is 0.231 e. The molecule has 0 spiro atoms. The summed E-state index contributed by atoms with van der Waals surface area (Å²) in [6.45, 7) is 0.234. The lowest BCUT2D eigenvalue weighted by molar-refractivity contribution is 0.174. The molecule has 2 aliphatic rings. The van der Waals surface area contributed by atoms with E-state index in [4.69, 9.17) is 21.7 Å². The topological polar surface area (TPSA) is 51.6 Å². The van der Waals surface area contributed by atoms with Crippen molar-refractivity contribution in [1.82, 2.24) is 14.9 Å². The number of thiocarbonyl (C=S) groups is 1. The van der Waals surface area contributed by atoms with Gasteiger partial charge in [0.05, 0.1) is 11.7 Å². The van der Waals surface area contributed by atoms with Crippen LogP contribution in [0.15, 0.2) is 91.3 Å². The summed E-state index contributed by atoms with van der Waals surface area (Å²) in [5.74, 6) is 1.47. The molecule has 0 saturated carbocycles. The standard InChI is InChI=1S/C25H20N4O2S/c32-25-27-23(19-9-4-5-13-26-19)24(20-10-6-14-28(20)17-7-2-1-3-8-17)29(25)18-11-12-21-22(15-18)31-16-30-21/h1-15,23-24H,16H2,(H,27,32)/t23-,24+/m0/s1. The first-order valence-electron chi connectivity index (χ1n) is 10.4. The van der Waals surface area contributed by atoms with Gasteiger partial charge in [-0.3, -0.25) is 4.98 Å². The zero-order valence-corrected chi connectivity index (χ0v) is 17.9. The third-order valence-corrected chi connectivity index (χ3v) is 6.16. The fourth-order valence-corrected chi connectivity index (χ4v) is 4.77. The second kappa shape index (κ2) is 7.69. The molecule has 0 radical (unpaired) electrons. The van der Waals surface area contributed by atoms with E-state index >= 15 is 0 Å². The van der Waals surface area contributed by atoms with E-state index in [9.17, 15) is 0 Å². The van der Waals surface area contributed by atoms with Gasteiger partial charge in [0.2, 0.25) is 6.79 Å². The lowest BCUT2D eigenvalue weighted by atomic mass is 10.0. The van der Waals surface area contributed by atoms with Crippen LogP contribution in [0.2, 0.25) is 0 Å². The van der Waals surface area contributed by atoms with Gasteiger partial charge in [0.25, 0.3) is 0 Å². The van der Waals surface area contributed by atoms with E-state index in [0.29, 0.717) is 5.11 Å². The highest BCUT2D eigenvalue weighted by molar-refractivity contribution is 7.80. The molecule has 4 aromatic rings. The van der Waals surface area contributed by atoms with Crippen molar-refractivity contribution in [2.45, 2.75) is 12.1 Å². The van der Waals surface area contributed by atoms with Crippen LogP contribution in [0.5, 0.6) is 11.5 Å². The van der Waals surface area contributed by atoms with E-state index in [0.717, 1.165) is 34.3 Å². The Labute approximate surface area is 191 Å². The van der Waals surface area contributed by atoms with Crippen LogP contribution in [-0.2, 0) is 0 Å². The number of benzene rings is 2. The molecule has 32 heavy (non-hydrogen) atoms. The highest BCUT2D eigenvalue weighted by Gasteiger charge is 2.42. The minimum Gasteiger partial charge on any atom is -0.454 e. The molecular formula is C25H20N4O2S. The van der Waals surface area contributed by atoms with Crippen molar-refractivity contribution in [2.75, 3.05) is 11.7 Å². The van der Waals surface area contributed by atoms with Crippen LogP contribution in [0.4, 0.5) is 5.69 Å². The van der Waals surface area contributed by atoms with Crippen LogP contribution in [-0.4, -0.2) is 21.5 Å². The highest BCUT2D eigenvalue weighted by atomic mass is 32.1. The van der Waals surface area contributed by atoms with Gasteiger partial charge in [0.15, 0.2) is 16.6 Å². The normalized spacial score (nSPS) is 19.2. The average molecular weight is 441 g/mol. The van der Waals surface area contributed by atoms with E-state index < -0.39 is 0 Å². The Balaban J connectivity index is 1.50. The molecule has 158 valence electrons. The first-order valence-corrected chi connectivity index (χ1v) is 10.8. The highest BCUT2D eigenvalue weighted by Crippen LogP contribution is 2.44. The van der Waals surface area contributed by atoms with Gasteiger partial charge in [-0.2, -0.15) is 0 Å². The largest absolute Gasteiger partial charge is 0.454 e. The van der Waals surface area contributed by atoms with E-state index in [1.54, 1.807) is 0 Å². The number of nitrogens with one attached hydrogen (secondary N) is 1. The Kier molecular flexibility index (Phi) is 4.54. The zero-order chi connectivity index (χ0) is 21.5. The predicted molar refractivity (Wildman–Crippen MR) is 126 cm³/mol. The summed E-state index contributed by atoms with van der Waals surface area (Å²) in [6, 6.07) is 26.2. The van der Waals surface area contributed by atoms with Crippen LogP contribution >= 0.6 is 12.2 Å². The Morgan fingerprint density at radius 1 is 0.875 bits per heavy atom. The zero-order valence-electron chi connectivity index (χ0n) is 17.1. The third kappa shape index (κ3) is 3.09. The predicted octanol–water partition coefficient (Wildman–Crippen LogP) is 4.78. The molecular weight excluding hydrogens is 420 g/mol. The van der Waals surface area contributed by atoms with Gasteiger partial charge in [-0.1, -0.05) is 24.3 Å². The van der Waals surface area contributed by atoms with Crippen LogP contribution < -0.4 is 19.7 Å². The van der Waals surface area contributed by atoms with Gasteiger partial charge in [-0.05, 0) is 60.7 Å². The van der Waals surface area contributed by atoms with Gasteiger partial charge >= 0.3 is 0 Å². The van der Waals surface area contributed by atoms with Gasteiger partial charge in [-0.15, -0.1) is 0 Å². The van der Waals surface area contributed by atoms with Crippen LogP contribution in [0.1, 0.15) is 23.5 Å². The van der Waals surface area contributed by atoms with E-state index in [-0.39, 0.29) is 18.9 Å². The van der Waals surface area contributed by atoms with Crippen LogP contribution in [0, 0.1) is 0 Å². The minimum atomic E-state index is -0.119. The summed E-state index contributed by atoms with van der Waals surface area (Å²) in [7, 11) is 0. The van der Waals surface area contributed by atoms with Gasteiger partial charge in [0, 0.05) is 35.5 Å². The fraction of sp³-hybridized carbons (Fsp3) is 0.120. The number of ether oxygens (including phenoxy) is 2. The summed E-state index contributed by atoms with van der Waals surface area (Å²) < 4.78 is 13.3.